The van der Waals surface area contributed by atoms with E-state index < -0.39 is 17.8 Å². The minimum absolute atomic E-state index is 0.0174. The molecule has 0 aromatic heterocycles. The van der Waals surface area contributed by atoms with Gasteiger partial charge in [0.2, 0.25) is 0 Å². The molecule has 5 nitrogen and oxygen atoms in total. The molecule has 2 aliphatic rings. The standard InChI is InChI=1S/C16H16Cl2N2O3/c17-12-7-6-10(8-13(12)18)9-19-14(21)15(22)20(16(19)23)11-4-2-1-3-5-11/h6-8,11H,1-5,9H2. The molecule has 1 saturated carbocycles. The Morgan fingerprint density at radius 2 is 1.65 bits per heavy atom. The number of carbonyl (C=O) groups is 3. The summed E-state index contributed by atoms with van der Waals surface area (Å²) in [4.78, 5) is 39.0. The summed E-state index contributed by atoms with van der Waals surface area (Å²) in [5.74, 6) is -1.49. The van der Waals surface area contributed by atoms with Gasteiger partial charge in [-0.25, -0.2) is 4.79 Å². The first-order chi connectivity index (χ1) is 11.0. The number of rotatable bonds is 3. The van der Waals surface area contributed by atoms with Crippen molar-refractivity contribution in [2.24, 2.45) is 0 Å². The molecule has 4 amide bonds. The number of benzene rings is 1. The van der Waals surface area contributed by atoms with Crippen molar-refractivity contribution in [3.05, 3.63) is 33.8 Å². The highest BCUT2D eigenvalue weighted by Crippen LogP contribution is 2.28. The van der Waals surface area contributed by atoms with Crippen LogP contribution in [0.4, 0.5) is 4.79 Å². The third-order valence-corrected chi connectivity index (χ3v) is 5.09. The molecule has 1 aliphatic heterocycles. The maximum absolute atomic E-state index is 12.5. The largest absolute Gasteiger partial charge is 0.334 e. The summed E-state index contributed by atoms with van der Waals surface area (Å²) in [6.07, 6.45) is 4.59. The van der Waals surface area contributed by atoms with E-state index in [1.165, 1.54) is 0 Å². The monoisotopic (exact) mass is 354 g/mol. The Morgan fingerprint density at radius 1 is 0.957 bits per heavy atom. The van der Waals surface area contributed by atoms with E-state index in [0.29, 0.717) is 15.6 Å². The van der Waals surface area contributed by atoms with Gasteiger partial charge in [-0.2, -0.15) is 0 Å². The van der Waals surface area contributed by atoms with Gasteiger partial charge in [0.1, 0.15) is 0 Å². The van der Waals surface area contributed by atoms with Crippen LogP contribution in [-0.4, -0.2) is 33.7 Å². The predicted molar refractivity (Wildman–Crippen MR) is 86.1 cm³/mol. The quantitative estimate of drug-likeness (QED) is 0.615. The second-order valence-electron chi connectivity index (χ2n) is 5.89. The van der Waals surface area contributed by atoms with E-state index in [0.717, 1.165) is 41.9 Å². The molecule has 1 saturated heterocycles. The van der Waals surface area contributed by atoms with Gasteiger partial charge in [-0.05, 0) is 30.5 Å². The molecule has 1 aliphatic carbocycles. The molecule has 0 radical (unpaired) electrons. The average molecular weight is 355 g/mol. The molecule has 0 bridgehead atoms. The summed E-state index contributed by atoms with van der Waals surface area (Å²) in [7, 11) is 0. The Balaban J connectivity index is 1.79. The number of hydrogen-bond donors (Lipinski definition) is 0. The van der Waals surface area contributed by atoms with Gasteiger partial charge in [-0.1, -0.05) is 48.5 Å². The summed E-state index contributed by atoms with van der Waals surface area (Å²) in [6.45, 7) is 0.0174. The normalized spacial score (nSPS) is 19.8. The number of hydrogen-bond acceptors (Lipinski definition) is 3. The molecule has 2 fully saturated rings. The van der Waals surface area contributed by atoms with Crippen molar-refractivity contribution >= 4 is 41.0 Å². The van der Waals surface area contributed by atoms with Gasteiger partial charge < -0.3 is 0 Å². The highest BCUT2D eigenvalue weighted by Gasteiger charge is 2.47. The fraction of sp³-hybridized carbons (Fsp3) is 0.438. The number of urea groups is 1. The van der Waals surface area contributed by atoms with Gasteiger partial charge in [0.05, 0.1) is 16.6 Å². The molecule has 0 spiro atoms. The highest BCUT2D eigenvalue weighted by molar-refractivity contribution is 6.44. The molecule has 3 rings (SSSR count). The first-order valence-electron chi connectivity index (χ1n) is 7.62. The number of amides is 4. The van der Waals surface area contributed by atoms with E-state index in [9.17, 15) is 14.4 Å². The van der Waals surface area contributed by atoms with E-state index in [1.54, 1.807) is 18.2 Å². The van der Waals surface area contributed by atoms with Crippen LogP contribution < -0.4 is 0 Å². The van der Waals surface area contributed by atoms with Gasteiger partial charge in [0.15, 0.2) is 0 Å². The maximum Gasteiger partial charge on any atom is 0.334 e. The minimum atomic E-state index is -0.772. The first-order valence-corrected chi connectivity index (χ1v) is 8.37. The lowest BCUT2D eigenvalue weighted by molar-refractivity contribution is -0.144. The SMILES string of the molecule is O=C1C(=O)N(C2CCCCC2)C(=O)N1Cc1ccc(Cl)c(Cl)c1. The van der Waals surface area contributed by atoms with Gasteiger partial charge in [-0.15, -0.1) is 0 Å². The van der Waals surface area contributed by atoms with Crippen LogP contribution in [-0.2, 0) is 16.1 Å². The van der Waals surface area contributed by atoms with Crippen molar-refractivity contribution in [1.82, 2.24) is 9.80 Å². The van der Waals surface area contributed by atoms with Crippen molar-refractivity contribution in [3.63, 3.8) is 0 Å². The Hall–Kier alpha value is -1.59. The van der Waals surface area contributed by atoms with Crippen molar-refractivity contribution in [3.8, 4) is 0 Å². The van der Waals surface area contributed by atoms with Gasteiger partial charge in [0.25, 0.3) is 0 Å². The van der Waals surface area contributed by atoms with Gasteiger partial charge in [-0.3, -0.25) is 19.4 Å². The van der Waals surface area contributed by atoms with Crippen LogP contribution in [0.25, 0.3) is 0 Å². The summed E-state index contributed by atoms with van der Waals surface area (Å²) in [6, 6.07) is 4.19. The van der Waals surface area contributed by atoms with Crippen LogP contribution in [0.15, 0.2) is 18.2 Å². The minimum Gasteiger partial charge on any atom is -0.263 e. The average Bonchev–Trinajstić information content (AvgIpc) is 2.75. The summed E-state index contributed by atoms with van der Waals surface area (Å²) in [5.41, 5.74) is 0.652. The van der Waals surface area contributed by atoms with Crippen LogP contribution in [0.5, 0.6) is 0 Å². The molecule has 0 atom stereocenters. The zero-order valence-corrected chi connectivity index (χ0v) is 13.9. The smallest absolute Gasteiger partial charge is 0.263 e. The third-order valence-electron chi connectivity index (χ3n) is 4.35. The molecule has 1 aromatic carbocycles. The Morgan fingerprint density at radius 3 is 2.30 bits per heavy atom. The van der Waals surface area contributed by atoms with Crippen LogP contribution >= 0.6 is 23.2 Å². The number of nitrogens with zero attached hydrogens (tertiary/aromatic N) is 2. The van der Waals surface area contributed by atoms with E-state index in [4.69, 9.17) is 23.2 Å². The van der Waals surface area contributed by atoms with Gasteiger partial charge >= 0.3 is 17.8 Å². The zero-order valence-electron chi connectivity index (χ0n) is 12.4. The number of carbonyl (C=O) groups excluding carboxylic acids is 3. The first kappa shape index (κ1) is 16.3. The van der Waals surface area contributed by atoms with Crippen molar-refractivity contribution < 1.29 is 14.4 Å². The summed E-state index contributed by atoms with van der Waals surface area (Å²) in [5, 5.41) is 0.744. The highest BCUT2D eigenvalue weighted by atomic mass is 35.5. The topological polar surface area (TPSA) is 57.7 Å². The second kappa shape index (κ2) is 6.49. The summed E-state index contributed by atoms with van der Waals surface area (Å²) >= 11 is 11.8. The van der Waals surface area contributed by atoms with Crippen molar-refractivity contribution in [2.75, 3.05) is 0 Å². The molecular formula is C16H16Cl2N2O3. The number of halogens is 2. The lowest BCUT2D eigenvalue weighted by atomic mass is 9.94. The van der Waals surface area contributed by atoms with Crippen molar-refractivity contribution in [2.45, 2.75) is 44.7 Å². The van der Waals surface area contributed by atoms with Crippen LogP contribution in [0.1, 0.15) is 37.7 Å². The summed E-state index contributed by atoms with van der Waals surface area (Å²) < 4.78 is 0. The van der Waals surface area contributed by atoms with Crippen LogP contribution in [0.3, 0.4) is 0 Å². The van der Waals surface area contributed by atoms with Gasteiger partial charge in [0, 0.05) is 6.04 Å². The predicted octanol–water partition coefficient (Wildman–Crippen LogP) is 3.62. The lowest BCUT2D eigenvalue weighted by Gasteiger charge is -2.28. The Kier molecular flexibility index (Phi) is 4.60. The molecule has 122 valence electrons. The van der Waals surface area contributed by atoms with Crippen LogP contribution in [0.2, 0.25) is 10.0 Å². The van der Waals surface area contributed by atoms with E-state index in [2.05, 4.69) is 0 Å². The second-order valence-corrected chi connectivity index (χ2v) is 6.70. The van der Waals surface area contributed by atoms with E-state index in [1.807, 2.05) is 0 Å². The molecule has 0 N–H and O–H groups in total. The molecule has 0 unspecified atom stereocenters. The molecule has 23 heavy (non-hydrogen) atoms. The van der Waals surface area contributed by atoms with Crippen molar-refractivity contribution in [1.29, 1.82) is 0 Å². The maximum atomic E-state index is 12.5. The number of imide groups is 2. The molecular weight excluding hydrogens is 339 g/mol. The Labute approximate surface area is 144 Å². The fourth-order valence-electron chi connectivity index (χ4n) is 3.14. The van der Waals surface area contributed by atoms with E-state index >= 15 is 0 Å². The zero-order chi connectivity index (χ0) is 16.6. The van der Waals surface area contributed by atoms with E-state index in [-0.39, 0.29) is 12.6 Å². The third kappa shape index (κ3) is 3.08. The molecule has 1 aromatic rings. The molecule has 7 heteroatoms. The Bertz CT molecular complexity index is 671. The molecule has 1 heterocycles. The van der Waals surface area contributed by atoms with Crippen LogP contribution in [0, 0.1) is 0 Å². The lowest BCUT2D eigenvalue weighted by Crippen LogP contribution is -2.42. The fourth-order valence-corrected chi connectivity index (χ4v) is 3.46.